The molecule has 7 rings (SSSR count). The molecule has 2 saturated heterocycles. The maximum atomic E-state index is 14.4. The van der Waals surface area contributed by atoms with Crippen LogP contribution >= 0.6 is 0 Å². The van der Waals surface area contributed by atoms with Crippen LogP contribution < -0.4 is 4.90 Å². The number of nitrogens with zero attached hydrogens (tertiary/aromatic N) is 8. The zero-order valence-electron chi connectivity index (χ0n) is 23.7. The van der Waals surface area contributed by atoms with Crippen LogP contribution in [0.3, 0.4) is 0 Å². The highest BCUT2D eigenvalue weighted by Gasteiger charge is 2.60. The third kappa shape index (κ3) is 4.75. The molecule has 0 amide bonds. The molecule has 1 atom stereocenters. The van der Waals surface area contributed by atoms with Gasteiger partial charge in [-0.05, 0) is 57.8 Å². The molecule has 3 fully saturated rings. The SMILES string of the molecule is Cn1c(CN2CCC(C(C)(C)O)CC2)nc2c(N3CCOCC3)nc(-n3c(C4CC4(F)F)nc4ccccc43)nc21. The fraction of sp³-hybridized carbons (Fsp3) is 0.586. The molecule has 1 saturated carbocycles. The summed E-state index contributed by atoms with van der Waals surface area (Å²) in [4.78, 5) is 24.1. The summed E-state index contributed by atoms with van der Waals surface area (Å²) in [6, 6.07) is 7.44. The number of para-hydroxylation sites is 2. The Labute approximate surface area is 237 Å². The molecule has 0 bridgehead atoms. The molecule has 1 unspecified atom stereocenters. The van der Waals surface area contributed by atoms with Crippen LogP contribution in [0.15, 0.2) is 24.3 Å². The molecule has 1 aliphatic carbocycles. The highest BCUT2D eigenvalue weighted by molar-refractivity contribution is 5.86. The normalized spacial score (nSPS) is 22.2. The molecular formula is C29H36F2N8O2. The van der Waals surface area contributed by atoms with E-state index in [1.165, 1.54) is 0 Å². The average Bonchev–Trinajstić information content (AvgIpc) is 3.27. The van der Waals surface area contributed by atoms with E-state index in [0.29, 0.717) is 72.6 Å². The van der Waals surface area contributed by atoms with Gasteiger partial charge >= 0.3 is 0 Å². The number of benzene rings is 1. The third-order valence-electron chi connectivity index (χ3n) is 8.97. The summed E-state index contributed by atoms with van der Waals surface area (Å²) in [6.45, 7) is 8.64. The number of aliphatic hydroxyl groups is 1. The van der Waals surface area contributed by atoms with Gasteiger partial charge in [0, 0.05) is 26.6 Å². The molecule has 1 N–H and O–H groups in total. The molecule has 41 heavy (non-hydrogen) atoms. The van der Waals surface area contributed by atoms with Crippen LogP contribution in [0.25, 0.3) is 28.1 Å². The van der Waals surface area contributed by atoms with E-state index in [-0.39, 0.29) is 12.3 Å². The lowest BCUT2D eigenvalue weighted by atomic mass is 9.83. The van der Waals surface area contributed by atoms with E-state index in [1.807, 2.05) is 49.7 Å². The van der Waals surface area contributed by atoms with E-state index >= 15 is 0 Å². The van der Waals surface area contributed by atoms with Crippen LogP contribution in [0.5, 0.6) is 0 Å². The first-order chi connectivity index (χ1) is 19.6. The van der Waals surface area contributed by atoms with Crippen LogP contribution in [0, 0.1) is 5.92 Å². The minimum Gasteiger partial charge on any atom is -0.390 e. The predicted molar refractivity (Wildman–Crippen MR) is 151 cm³/mol. The van der Waals surface area contributed by atoms with Crippen molar-refractivity contribution in [3.8, 4) is 5.95 Å². The first kappa shape index (κ1) is 26.7. The lowest BCUT2D eigenvalue weighted by Crippen LogP contribution is -2.41. The smallest absolute Gasteiger partial charge is 0.259 e. The number of morpholine rings is 1. The summed E-state index contributed by atoms with van der Waals surface area (Å²) < 4.78 is 38.0. The minimum atomic E-state index is -2.78. The molecule has 10 nitrogen and oxygen atoms in total. The Morgan fingerprint density at radius 1 is 1.02 bits per heavy atom. The van der Waals surface area contributed by atoms with Crippen molar-refractivity contribution in [3.05, 3.63) is 35.9 Å². The maximum absolute atomic E-state index is 14.4. The quantitative estimate of drug-likeness (QED) is 0.378. The predicted octanol–water partition coefficient (Wildman–Crippen LogP) is 3.64. The van der Waals surface area contributed by atoms with E-state index in [2.05, 4.69) is 14.8 Å². The van der Waals surface area contributed by atoms with Crippen LogP contribution in [-0.4, -0.2) is 90.0 Å². The van der Waals surface area contributed by atoms with Crippen molar-refractivity contribution in [1.82, 2.24) is 34.0 Å². The summed E-state index contributed by atoms with van der Waals surface area (Å²) in [5.41, 5.74) is 2.02. The van der Waals surface area contributed by atoms with E-state index in [1.54, 1.807) is 4.57 Å². The van der Waals surface area contributed by atoms with Gasteiger partial charge in [-0.1, -0.05) is 12.1 Å². The standard InChI is InChI=1S/C29H36F2N8O2/c1-28(2,40)18-8-10-37(11-9-18)17-22-33-23-25(36(22)3)34-27(35-26(23)38-12-14-41-15-13-38)39-21-7-5-4-6-20(21)32-24(39)19-16-29(19,30)31/h4-7,18-19,40H,8-17H2,1-3H3. The minimum absolute atomic E-state index is 0.227. The molecular weight excluding hydrogens is 530 g/mol. The number of piperidine rings is 1. The van der Waals surface area contributed by atoms with Crippen molar-refractivity contribution in [2.75, 3.05) is 44.3 Å². The summed E-state index contributed by atoms with van der Waals surface area (Å²) in [5, 5.41) is 10.5. The summed E-state index contributed by atoms with van der Waals surface area (Å²) in [7, 11) is 1.95. The summed E-state index contributed by atoms with van der Waals surface area (Å²) >= 11 is 0. The highest BCUT2D eigenvalue weighted by Crippen LogP contribution is 2.56. The van der Waals surface area contributed by atoms with E-state index < -0.39 is 17.4 Å². The summed E-state index contributed by atoms with van der Waals surface area (Å²) in [5.74, 6) is -1.30. The van der Waals surface area contributed by atoms with Gasteiger partial charge in [0.2, 0.25) is 5.95 Å². The molecule has 4 aromatic rings. The van der Waals surface area contributed by atoms with Crippen molar-refractivity contribution in [2.45, 2.75) is 57.1 Å². The van der Waals surface area contributed by atoms with Gasteiger partial charge in [-0.2, -0.15) is 9.97 Å². The Morgan fingerprint density at radius 3 is 2.41 bits per heavy atom. The van der Waals surface area contributed by atoms with E-state index in [9.17, 15) is 13.9 Å². The van der Waals surface area contributed by atoms with Gasteiger partial charge in [0.15, 0.2) is 17.0 Å². The molecule has 0 spiro atoms. The number of halogens is 2. The number of imidazole rings is 2. The van der Waals surface area contributed by atoms with Crippen LogP contribution in [0.1, 0.15) is 50.7 Å². The number of hydrogen-bond acceptors (Lipinski definition) is 8. The largest absolute Gasteiger partial charge is 0.390 e. The molecule has 12 heteroatoms. The van der Waals surface area contributed by atoms with Gasteiger partial charge in [0.05, 0.1) is 42.3 Å². The second kappa shape index (κ2) is 9.67. The van der Waals surface area contributed by atoms with Crippen LogP contribution in [0.2, 0.25) is 0 Å². The molecule has 0 radical (unpaired) electrons. The number of likely N-dealkylation sites (tertiary alicyclic amines) is 1. The van der Waals surface area contributed by atoms with Crippen molar-refractivity contribution in [2.24, 2.45) is 13.0 Å². The van der Waals surface area contributed by atoms with Gasteiger partial charge < -0.3 is 19.3 Å². The number of aromatic nitrogens is 6. The monoisotopic (exact) mass is 566 g/mol. The highest BCUT2D eigenvalue weighted by atomic mass is 19.3. The van der Waals surface area contributed by atoms with Crippen molar-refractivity contribution in [1.29, 1.82) is 0 Å². The Balaban J connectivity index is 1.32. The fourth-order valence-corrected chi connectivity index (χ4v) is 6.30. The lowest BCUT2D eigenvalue weighted by molar-refractivity contribution is -0.0139. The molecule has 3 aromatic heterocycles. The van der Waals surface area contributed by atoms with Gasteiger partial charge in [0.25, 0.3) is 5.92 Å². The average molecular weight is 567 g/mol. The Kier molecular flexibility index (Phi) is 6.29. The Morgan fingerprint density at radius 2 is 1.73 bits per heavy atom. The summed E-state index contributed by atoms with van der Waals surface area (Å²) in [6.07, 6.45) is 1.63. The first-order valence-electron chi connectivity index (χ1n) is 14.5. The number of ether oxygens (including phenoxy) is 1. The zero-order chi connectivity index (χ0) is 28.5. The molecule has 3 aliphatic rings. The molecule has 5 heterocycles. The van der Waals surface area contributed by atoms with Crippen molar-refractivity contribution in [3.63, 3.8) is 0 Å². The van der Waals surface area contributed by atoms with Gasteiger partial charge in [0.1, 0.15) is 11.6 Å². The first-order valence-corrected chi connectivity index (χ1v) is 14.5. The van der Waals surface area contributed by atoms with Crippen LogP contribution in [0.4, 0.5) is 14.6 Å². The topological polar surface area (TPSA) is 97.4 Å². The third-order valence-corrected chi connectivity index (χ3v) is 8.97. The number of hydrogen-bond donors (Lipinski definition) is 1. The second-order valence-corrected chi connectivity index (χ2v) is 12.2. The van der Waals surface area contributed by atoms with Gasteiger partial charge in [-0.25, -0.2) is 18.7 Å². The van der Waals surface area contributed by atoms with Gasteiger partial charge in [-0.3, -0.25) is 9.47 Å². The number of alkyl halides is 2. The van der Waals surface area contributed by atoms with Crippen molar-refractivity contribution < 1.29 is 18.6 Å². The van der Waals surface area contributed by atoms with E-state index in [4.69, 9.17) is 19.7 Å². The zero-order valence-corrected chi connectivity index (χ0v) is 23.7. The Hall–Kier alpha value is -3.22. The number of anilines is 1. The van der Waals surface area contributed by atoms with Crippen molar-refractivity contribution >= 4 is 28.0 Å². The fourth-order valence-electron chi connectivity index (χ4n) is 6.30. The lowest BCUT2D eigenvalue weighted by Gasteiger charge is -2.37. The number of aryl methyl sites for hydroxylation is 1. The van der Waals surface area contributed by atoms with Crippen LogP contribution in [-0.2, 0) is 18.3 Å². The number of rotatable bonds is 6. The number of fused-ring (bicyclic) bond motifs is 2. The second-order valence-electron chi connectivity index (χ2n) is 12.2. The van der Waals surface area contributed by atoms with Gasteiger partial charge in [-0.15, -0.1) is 0 Å². The van der Waals surface area contributed by atoms with E-state index in [0.717, 1.165) is 31.8 Å². The molecule has 2 aliphatic heterocycles. The molecule has 218 valence electrons. The molecule has 1 aromatic carbocycles. The Bertz CT molecular complexity index is 1600. The maximum Gasteiger partial charge on any atom is 0.259 e.